The summed E-state index contributed by atoms with van der Waals surface area (Å²) in [7, 11) is 0. The van der Waals surface area contributed by atoms with Crippen LogP contribution in [0.1, 0.15) is 27.2 Å². The van der Waals surface area contributed by atoms with Crippen LogP contribution in [-0.2, 0) is 4.79 Å². The Hall–Kier alpha value is -0.830. The summed E-state index contributed by atoms with van der Waals surface area (Å²) >= 11 is 0. The summed E-state index contributed by atoms with van der Waals surface area (Å²) in [4.78, 5) is 11.2. The lowest BCUT2D eigenvalue weighted by atomic mass is 10.1. The van der Waals surface area contributed by atoms with Crippen molar-refractivity contribution in [3.8, 4) is 0 Å². The lowest BCUT2D eigenvalue weighted by molar-refractivity contribution is -0.120. The summed E-state index contributed by atoms with van der Waals surface area (Å²) in [6.07, 6.45) is 2.61. The van der Waals surface area contributed by atoms with Gasteiger partial charge in [0.1, 0.15) is 0 Å². The normalized spacial score (nSPS) is 11.0. The van der Waals surface area contributed by atoms with E-state index in [1.165, 1.54) is 0 Å². The number of hydrogen-bond donors (Lipinski definition) is 2. The van der Waals surface area contributed by atoms with E-state index in [0.29, 0.717) is 13.1 Å². The van der Waals surface area contributed by atoms with Crippen molar-refractivity contribution >= 4 is 5.91 Å². The molecule has 13 heavy (non-hydrogen) atoms. The summed E-state index contributed by atoms with van der Waals surface area (Å²) in [5.41, 5.74) is -0.00419. The number of hydrogen-bond acceptors (Lipinski definition) is 2. The molecule has 0 aliphatic rings. The van der Waals surface area contributed by atoms with Crippen LogP contribution in [0.25, 0.3) is 0 Å². The zero-order valence-corrected chi connectivity index (χ0v) is 8.81. The molecule has 0 rings (SSSR count). The minimum absolute atomic E-state index is 0.00419. The Kier molecular flexibility index (Phi) is 5.39. The maximum absolute atomic E-state index is 11.2. The van der Waals surface area contributed by atoms with E-state index in [0.717, 1.165) is 6.42 Å². The molecule has 0 unspecified atom stereocenters. The number of rotatable bonds is 5. The van der Waals surface area contributed by atoms with E-state index in [1.807, 2.05) is 20.8 Å². The van der Waals surface area contributed by atoms with Gasteiger partial charge in [0.2, 0.25) is 5.91 Å². The van der Waals surface area contributed by atoms with Gasteiger partial charge in [0.15, 0.2) is 0 Å². The number of carbonyl (C=O) groups is 1. The first-order chi connectivity index (χ1) is 5.95. The van der Waals surface area contributed by atoms with Crippen LogP contribution in [0.15, 0.2) is 12.7 Å². The molecule has 76 valence electrons. The number of nitrogens with one attached hydrogen (secondary N) is 2. The molecule has 0 bridgehead atoms. The Morgan fingerprint density at radius 1 is 1.46 bits per heavy atom. The highest BCUT2D eigenvalue weighted by Gasteiger charge is 2.10. The van der Waals surface area contributed by atoms with Gasteiger partial charge in [0, 0.05) is 12.1 Å². The molecule has 0 aliphatic heterocycles. The smallest absolute Gasteiger partial charge is 0.233 e. The first-order valence-electron chi connectivity index (χ1n) is 4.58. The summed E-state index contributed by atoms with van der Waals surface area (Å²) in [6.45, 7) is 10.7. The Labute approximate surface area is 80.6 Å². The van der Waals surface area contributed by atoms with Crippen LogP contribution in [0, 0.1) is 0 Å². The van der Waals surface area contributed by atoms with Crippen molar-refractivity contribution in [1.29, 1.82) is 0 Å². The Bertz CT molecular complexity index is 170. The molecule has 0 heterocycles. The van der Waals surface area contributed by atoms with Crippen molar-refractivity contribution in [2.75, 3.05) is 13.1 Å². The lowest BCUT2D eigenvalue weighted by Crippen LogP contribution is -2.43. The van der Waals surface area contributed by atoms with Crippen LogP contribution < -0.4 is 10.6 Å². The first-order valence-corrected chi connectivity index (χ1v) is 4.58. The molecule has 0 aromatic carbocycles. The van der Waals surface area contributed by atoms with E-state index < -0.39 is 0 Å². The standard InChI is InChI=1S/C10H20N2O/c1-5-6-7-11-9(13)8-12-10(2,3)4/h5,12H,1,6-8H2,2-4H3,(H,11,13). The zero-order valence-electron chi connectivity index (χ0n) is 8.81. The fraction of sp³-hybridized carbons (Fsp3) is 0.700. The molecule has 0 spiro atoms. The first kappa shape index (κ1) is 12.2. The van der Waals surface area contributed by atoms with Gasteiger partial charge in [0.05, 0.1) is 6.54 Å². The highest BCUT2D eigenvalue weighted by Crippen LogP contribution is 1.96. The van der Waals surface area contributed by atoms with Gasteiger partial charge in [-0.3, -0.25) is 4.79 Å². The van der Waals surface area contributed by atoms with Crippen molar-refractivity contribution in [2.45, 2.75) is 32.7 Å². The minimum atomic E-state index is -0.00419. The average Bonchev–Trinajstić information content (AvgIpc) is 2.00. The predicted octanol–water partition coefficient (Wildman–Crippen LogP) is 1.07. The second kappa shape index (κ2) is 5.75. The maximum atomic E-state index is 11.2. The zero-order chi connectivity index (χ0) is 10.3. The topological polar surface area (TPSA) is 41.1 Å². The summed E-state index contributed by atoms with van der Waals surface area (Å²) in [6, 6.07) is 0. The van der Waals surface area contributed by atoms with Crippen LogP contribution in [0.5, 0.6) is 0 Å². The van der Waals surface area contributed by atoms with Gasteiger partial charge in [-0.2, -0.15) is 0 Å². The van der Waals surface area contributed by atoms with Gasteiger partial charge >= 0.3 is 0 Å². The Morgan fingerprint density at radius 3 is 2.54 bits per heavy atom. The second-order valence-corrected chi connectivity index (χ2v) is 4.03. The summed E-state index contributed by atoms with van der Waals surface area (Å²) < 4.78 is 0. The van der Waals surface area contributed by atoms with E-state index in [2.05, 4.69) is 17.2 Å². The maximum Gasteiger partial charge on any atom is 0.233 e. The van der Waals surface area contributed by atoms with Gasteiger partial charge < -0.3 is 10.6 Å². The molecular formula is C10H20N2O. The van der Waals surface area contributed by atoms with Crippen LogP contribution >= 0.6 is 0 Å². The lowest BCUT2D eigenvalue weighted by Gasteiger charge is -2.19. The predicted molar refractivity (Wildman–Crippen MR) is 55.6 cm³/mol. The number of carbonyl (C=O) groups excluding carboxylic acids is 1. The van der Waals surface area contributed by atoms with Crippen LogP contribution in [0.2, 0.25) is 0 Å². The second-order valence-electron chi connectivity index (χ2n) is 4.03. The third-order valence-corrected chi connectivity index (χ3v) is 1.45. The summed E-state index contributed by atoms with van der Waals surface area (Å²) in [5, 5.41) is 5.89. The largest absolute Gasteiger partial charge is 0.355 e. The number of amides is 1. The molecule has 2 N–H and O–H groups in total. The van der Waals surface area contributed by atoms with E-state index in [9.17, 15) is 4.79 Å². The van der Waals surface area contributed by atoms with Crippen LogP contribution in [0.4, 0.5) is 0 Å². The van der Waals surface area contributed by atoms with E-state index in [4.69, 9.17) is 0 Å². The van der Waals surface area contributed by atoms with Crippen molar-refractivity contribution in [3.05, 3.63) is 12.7 Å². The average molecular weight is 184 g/mol. The third-order valence-electron chi connectivity index (χ3n) is 1.45. The van der Waals surface area contributed by atoms with Crippen molar-refractivity contribution < 1.29 is 4.79 Å². The molecular weight excluding hydrogens is 164 g/mol. The van der Waals surface area contributed by atoms with Gasteiger partial charge in [0.25, 0.3) is 0 Å². The molecule has 3 heteroatoms. The molecule has 0 saturated carbocycles. The highest BCUT2D eigenvalue weighted by atomic mass is 16.1. The molecule has 0 atom stereocenters. The fourth-order valence-electron chi connectivity index (χ4n) is 0.722. The third kappa shape index (κ3) is 9.08. The van der Waals surface area contributed by atoms with Gasteiger partial charge in [-0.25, -0.2) is 0 Å². The molecule has 0 saturated heterocycles. The molecule has 0 aromatic rings. The van der Waals surface area contributed by atoms with E-state index in [1.54, 1.807) is 6.08 Å². The van der Waals surface area contributed by atoms with E-state index in [-0.39, 0.29) is 11.4 Å². The Balaban J connectivity index is 3.46. The van der Waals surface area contributed by atoms with Crippen LogP contribution in [0.3, 0.4) is 0 Å². The summed E-state index contributed by atoms with van der Waals surface area (Å²) in [5.74, 6) is 0.0387. The van der Waals surface area contributed by atoms with Gasteiger partial charge in [-0.1, -0.05) is 6.08 Å². The Morgan fingerprint density at radius 2 is 2.08 bits per heavy atom. The molecule has 3 nitrogen and oxygen atoms in total. The van der Waals surface area contributed by atoms with Gasteiger partial charge in [-0.05, 0) is 27.2 Å². The van der Waals surface area contributed by atoms with Crippen molar-refractivity contribution in [1.82, 2.24) is 10.6 Å². The molecule has 0 aromatic heterocycles. The van der Waals surface area contributed by atoms with Crippen molar-refractivity contribution in [2.24, 2.45) is 0 Å². The fourth-order valence-corrected chi connectivity index (χ4v) is 0.722. The van der Waals surface area contributed by atoms with Crippen molar-refractivity contribution in [3.63, 3.8) is 0 Å². The molecule has 0 fully saturated rings. The van der Waals surface area contributed by atoms with E-state index >= 15 is 0 Å². The monoisotopic (exact) mass is 184 g/mol. The van der Waals surface area contributed by atoms with Gasteiger partial charge in [-0.15, -0.1) is 6.58 Å². The quantitative estimate of drug-likeness (QED) is 0.495. The highest BCUT2D eigenvalue weighted by molar-refractivity contribution is 5.78. The molecule has 1 amide bonds. The SMILES string of the molecule is C=CCCNC(=O)CNC(C)(C)C. The van der Waals surface area contributed by atoms with Crippen LogP contribution in [-0.4, -0.2) is 24.5 Å². The molecule has 0 aliphatic carbocycles. The molecule has 0 radical (unpaired) electrons. The minimum Gasteiger partial charge on any atom is -0.355 e.